The average Bonchev–Trinajstić information content (AvgIpc) is 3.13. The second-order valence-corrected chi connectivity index (χ2v) is 6.91. The zero-order chi connectivity index (χ0) is 16.8. The van der Waals surface area contributed by atoms with Crippen molar-refractivity contribution in [3.8, 4) is 0 Å². The fourth-order valence-electron chi connectivity index (χ4n) is 3.50. The summed E-state index contributed by atoms with van der Waals surface area (Å²) in [7, 11) is 0. The summed E-state index contributed by atoms with van der Waals surface area (Å²) in [6.45, 7) is 8.25. The van der Waals surface area contributed by atoms with Crippen LogP contribution < -0.4 is 15.5 Å². The molecule has 1 unspecified atom stereocenters. The van der Waals surface area contributed by atoms with Crippen molar-refractivity contribution in [3.05, 3.63) is 29.3 Å². The van der Waals surface area contributed by atoms with Crippen LogP contribution in [-0.4, -0.2) is 45.3 Å². The van der Waals surface area contributed by atoms with Crippen LogP contribution in [0.25, 0.3) is 0 Å². The van der Waals surface area contributed by atoms with Crippen molar-refractivity contribution in [1.82, 2.24) is 10.6 Å². The molecule has 2 aliphatic rings. The van der Waals surface area contributed by atoms with Gasteiger partial charge in [-0.15, -0.1) is 0 Å². The predicted molar refractivity (Wildman–Crippen MR) is 96.3 cm³/mol. The van der Waals surface area contributed by atoms with Crippen molar-refractivity contribution in [1.29, 1.82) is 0 Å². The highest BCUT2D eigenvalue weighted by Gasteiger charge is 2.17. The van der Waals surface area contributed by atoms with Crippen LogP contribution in [0.4, 0.5) is 5.69 Å². The molecule has 2 fully saturated rings. The van der Waals surface area contributed by atoms with Gasteiger partial charge in [0, 0.05) is 31.7 Å². The van der Waals surface area contributed by atoms with E-state index in [9.17, 15) is 4.79 Å². The molecule has 0 saturated carbocycles. The third kappa shape index (κ3) is 4.71. The largest absolute Gasteiger partial charge is 0.378 e. The highest BCUT2D eigenvalue weighted by atomic mass is 16.5. The van der Waals surface area contributed by atoms with Crippen molar-refractivity contribution in [3.63, 3.8) is 0 Å². The van der Waals surface area contributed by atoms with Gasteiger partial charge in [-0.3, -0.25) is 4.79 Å². The normalized spacial score (nSPS) is 21.0. The Labute approximate surface area is 144 Å². The lowest BCUT2D eigenvalue weighted by molar-refractivity contribution is -0.121. The second kappa shape index (κ2) is 8.49. The summed E-state index contributed by atoms with van der Waals surface area (Å²) in [4.78, 5) is 14.5. The van der Waals surface area contributed by atoms with Crippen LogP contribution in [0, 0.1) is 12.8 Å². The van der Waals surface area contributed by atoms with Gasteiger partial charge < -0.3 is 20.3 Å². The Morgan fingerprint density at radius 1 is 1.38 bits per heavy atom. The maximum atomic E-state index is 12.2. The van der Waals surface area contributed by atoms with E-state index >= 15 is 0 Å². The third-order valence-electron chi connectivity index (χ3n) is 5.01. The molecule has 2 aliphatic heterocycles. The smallest absolute Gasteiger partial charge is 0.220 e. The Bertz CT molecular complexity index is 550. The summed E-state index contributed by atoms with van der Waals surface area (Å²) in [6.07, 6.45) is 2.82. The van der Waals surface area contributed by atoms with Crippen LogP contribution in [-0.2, 0) is 16.1 Å². The van der Waals surface area contributed by atoms with E-state index in [1.54, 1.807) is 0 Å². The highest BCUT2D eigenvalue weighted by molar-refractivity contribution is 5.76. The fraction of sp³-hybridized carbons (Fsp3) is 0.632. The molecule has 0 radical (unpaired) electrons. The Morgan fingerprint density at radius 2 is 2.21 bits per heavy atom. The Hall–Kier alpha value is -1.59. The van der Waals surface area contributed by atoms with Crippen molar-refractivity contribution in [2.75, 3.05) is 44.3 Å². The zero-order valence-corrected chi connectivity index (χ0v) is 14.6. The topological polar surface area (TPSA) is 53.6 Å². The number of amides is 1. The standard InChI is InChI=1S/C19H29N3O2/c1-15-2-4-17(18(12-15)22-8-10-24-11-9-22)14-21-19(23)5-3-16-6-7-20-13-16/h2,4,12,16,20H,3,5-11,13-14H2,1H3,(H,21,23). The lowest BCUT2D eigenvalue weighted by Gasteiger charge is -2.31. The molecule has 0 spiro atoms. The maximum absolute atomic E-state index is 12.2. The van der Waals surface area contributed by atoms with Crippen LogP contribution in [0.2, 0.25) is 0 Å². The minimum atomic E-state index is 0.162. The van der Waals surface area contributed by atoms with Gasteiger partial charge in [0.25, 0.3) is 0 Å². The van der Waals surface area contributed by atoms with Gasteiger partial charge in [-0.1, -0.05) is 12.1 Å². The number of carbonyl (C=O) groups is 1. The molecule has 5 heteroatoms. The molecule has 5 nitrogen and oxygen atoms in total. The Balaban J connectivity index is 1.54. The first-order valence-corrected chi connectivity index (χ1v) is 9.12. The second-order valence-electron chi connectivity index (χ2n) is 6.91. The minimum absolute atomic E-state index is 0.162. The van der Waals surface area contributed by atoms with Crippen LogP contribution in [0.3, 0.4) is 0 Å². The van der Waals surface area contributed by atoms with Gasteiger partial charge in [-0.25, -0.2) is 0 Å². The monoisotopic (exact) mass is 331 g/mol. The van der Waals surface area contributed by atoms with Crippen LogP contribution >= 0.6 is 0 Å². The predicted octanol–water partition coefficient (Wildman–Crippen LogP) is 1.84. The summed E-state index contributed by atoms with van der Waals surface area (Å²) >= 11 is 0. The number of aryl methyl sites for hydroxylation is 1. The lowest BCUT2D eigenvalue weighted by atomic mass is 10.0. The molecule has 1 atom stereocenters. The van der Waals surface area contributed by atoms with Gasteiger partial charge in [0.2, 0.25) is 5.91 Å². The number of anilines is 1. The van der Waals surface area contributed by atoms with Crippen molar-refractivity contribution in [2.24, 2.45) is 5.92 Å². The SMILES string of the molecule is Cc1ccc(CNC(=O)CCC2CCNC2)c(N2CCOCC2)c1. The van der Waals surface area contributed by atoms with Crippen LogP contribution in [0.1, 0.15) is 30.4 Å². The number of ether oxygens (including phenoxy) is 1. The Kier molecular flexibility index (Phi) is 6.10. The third-order valence-corrected chi connectivity index (χ3v) is 5.01. The summed E-state index contributed by atoms with van der Waals surface area (Å²) in [5.74, 6) is 0.828. The molecule has 2 saturated heterocycles. The summed E-state index contributed by atoms with van der Waals surface area (Å²) in [6, 6.07) is 6.48. The van der Waals surface area contributed by atoms with Gasteiger partial charge >= 0.3 is 0 Å². The number of hydrogen-bond donors (Lipinski definition) is 2. The fourth-order valence-corrected chi connectivity index (χ4v) is 3.50. The van der Waals surface area contributed by atoms with Gasteiger partial charge in [-0.2, -0.15) is 0 Å². The number of carbonyl (C=O) groups excluding carboxylic acids is 1. The molecule has 2 N–H and O–H groups in total. The lowest BCUT2D eigenvalue weighted by Crippen LogP contribution is -2.37. The molecule has 24 heavy (non-hydrogen) atoms. The van der Waals surface area contributed by atoms with Crippen LogP contribution in [0.5, 0.6) is 0 Å². The van der Waals surface area contributed by atoms with E-state index in [2.05, 4.69) is 40.7 Å². The molecule has 0 aromatic heterocycles. The molecule has 2 heterocycles. The quantitative estimate of drug-likeness (QED) is 0.835. The van der Waals surface area contributed by atoms with E-state index in [0.717, 1.165) is 45.8 Å². The van der Waals surface area contributed by atoms with E-state index in [4.69, 9.17) is 4.74 Å². The van der Waals surface area contributed by atoms with Gasteiger partial charge in [0.05, 0.1) is 13.2 Å². The van der Waals surface area contributed by atoms with Crippen molar-refractivity contribution >= 4 is 11.6 Å². The summed E-state index contributed by atoms with van der Waals surface area (Å²) in [5.41, 5.74) is 3.68. The van der Waals surface area contributed by atoms with Crippen LogP contribution in [0.15, 0.2) is 18.2 Å². The molecular weight excluding hydrogens is 302 g/mol. The summed E-state index contributed by atoms with van der Waals surface area (Å²) < 4.78 is 5.45. The average molecular weight is 331 g/mol. The Morgan fingerprint density at radius 3 is 2.96 bits per heavy atom. The van der Waals surface area contributed by atoms with E-state index in [0.29, 0.717) is 18.9 Å². The first kappa shape index (κ1) is 17.2. The zero-order valence-electron chi connectivity index (χ0n) is 14.6. The van der Waals surface area contributed by atoms with Gasteiger partial charge in [-0.05, 0) is 56.0 Å². The van der Waals surface area contributed by atoms with Crippen molar-refractivity contribution in [2.45, 2.75) is 32.7 Å². The molecule has 1 aromatic rings. The molecule has 1 aromatic carbocycles. The van der Waals surface area contributed by atoms with Crippen molar-refractivity contribution < 1.29 is 9.53 Å². The summed E-state index contributed by atoms with van der Waals surface area (Å²) in [5, 5.41) is 6.46. The van der Waals surface area contributed by atoms with E-state index < -0.39 is 0 Å². The molecule has 0 aliphatic carbocycles. The molecule has 0 bridgehead atoms. The first-order valence-electron chi connectivity index (χ1n) is 9.12. The molecule has 1 amide bonds. The number of rotatable bonds is 6. The number of benzene rings is 1. The number of hydrogen-bond acceptors (Lipinski definition) is 4. The van der Waals surface area contributed by atoms with Gasteiger partial charge in [0.15, 0.2) is 0 Å². The number of nitrogens with zero attached hydrogens (tertiary/aromatic N) is 1. The van der Waals surface area contributed by atoms with Gasteiger partial charge in [0.1, 0.15) is 0 Å². The molecule has 3 rings (SSSR count). The first-order chi connectivity index (χ1) is 11.7. The highest BCUT2D eigenvalue weighted by Crippen LogP contribution is 2.23. The maximum Gasteiger partial charge on any atom is 0.220 e. The van der Waals surface area contributed by atoms with E-state index in [-0.39, 0.29) is 5.91 Å². The van der Waals surface area contributed by atoms with E-state index in [1.807, 2.05) is 0 Å². The molecular formula is C19H29N3O2. The number of nitrogens with one attached hydrogen (secondary N) is 2. The minimum Gasteiger partial charge on any atom is -0.378 e. The number of morpholine rings is 1. The van der Waals surface area contributed by atoms with E-state index in [1.165, 1.54) is 23.2 Å². The molecule has 132 valence electrons.